The van der Waals surface area contributed by atoms with E-state index in [1.54, 1.807) is 26.0 Å². The molecule has 4 N–H and O–H groups in total. The molecular formula is C28H30F2N4O3. The lowest BCUT2D eigenvalue weighted by Crippen LogP contribution is -2.51. The van der Waals surface area contributed by atoms with Gasteiger partial charge in [-0.05, 0) is 69.3 Å². The minimum Gasteiger partial charge on any atom is -0.508 e. The largest absolute Gasteiger partial charge is 0.508 e. The number of aromatic hydroxyl groups is 1. The number of nitrogens with one attached hydrogen (secondary N) is 1. The molecule has 0 bridgehead atoms. The first-order chi connectivity index (χ1) is 17.7. The molecular weight excluding hydrogens is 478 g/mol. The third-order valence-electron chi connectivity index (χ3n) is 6.25. The SMILES string of the molecule is CC(C)(CNc1ccccc1)C(=O)N1N=C(c2cc(F)ccc2F)OC1(CCCN)c1cccc(O)c1. The summed E-state index contributed by atoms with van der Waals surface area (Å²) in [4.78, 5) is 14.1. The molecule has 3 aromatic rings. The smallest absolute Gasteiger partial charge is 0.254 e. The van der Waals surface area contributed by atoms with E-state index in [4.69, 9.17) is 10.5 Å². The number of rotatable bonds is 9. The molecule has 0 spiro atoms. The minimum atomic E-state index is -1.53. The van der Waals surface area contributed by atoms with Gasteiger partial charge in [-0.1, -0.05) is 30.3 Å². The predicted molar refractivity (Wildman–Crippen MR) is 138 cm³/mol. The molecule has 0 aliphatic carbocycles. The normalized spacial score (nSPS) is 17.3. The summed E-state index contributed by atoms with van der Waals surface area (Å²) in [7, 11) is 0. The molecule has 3 aromatic carbocycles. The third-order valence-corrected chi connectivity index (χ3v) is 6.25. The Morgan fingerprint density at radius 2 is 1.86 bits per heavy atom. The predicted octanol–water partition coefficient (Wildman–Crippen LogP) is 4.92. The molecule has 1 aliphatic heterocycles. The van der Waals surface area contributed by atoms with E-state index >= 15 is 0 Å². The molecule has 0 fully saturated rings. The number of anilines is 1. The van der Waals surface area contributed by atoms with E-state index in [2.05, 4.69) is 10.4 Å². The van der Waals surface area contributed by atoms with Crippen molar-refractivity contribution in [2.75, 3.05) is 18.4 Å². The van der Waals surface area contributed by atoms with Crippen molar-refractivity contribution >= 4 is 17.5 Å². The average molecular weight is 509 g/mol. The van der Waals surface area contributed by atoms with Gasteiger partial charge >= 0.3 is 0 Å². The number of hydrogen-bond donors (Lipinski definition) is 3. The molecule has 37 heavy (non-hydrogen) atoms. The van der Waals surface area contributed by atoms with E-state index in [1.807, 2.05) is 30.3 Å². The fourth-order valence-electron chi connectivity index (χ4n) is 4.19. The van der Waals surface area contributed by atoms with Crippen molar-refractivity contribution in [1.82, 2.24) is 5.01 Å². The van der Waals surface area contributed by atoms with E-state index in [1.165, 1.54) is 17.1 Å². The van der Waals surface area contributed by atoms with Crippen molar-refractivity contribution in [2.45, 2.75) is 32.4 Å². The number of para-hydroxylation sites is 1. The van der Waals surface area contributed by atoms with Gasteiger partial charge in [0.05, 0.1) is 11.0 Å². The van der Waals surface area contributed by atoms with Gasteiger partial charge in [-0.3, -0.25) is 4.79 Å². The molecule has 194 valence electrons. The lowest BCUT2D eigenvalue weighted by molar-refractivity contribution is -0.161. The van der Waals surface area contributed by atoms with Gasteiger partial charge in [0.15, 0.2) is 0 Å². The van der Waals surface area contributed by atoms with Crippen LogP contribution in [0.4, 0.5) is 14.5 Å². The second-order valence-corrected chi connectivity index (χ2v) is 9.58. The monoisotopic (exact) mass is 508 g/mol. The highest BCUT2D eigenvalue weighted by Gasteiger charge is 2.52. The van der Waals surface area contributed by atoms with Crippen molar-refractivity contribution in [3.05, 3.63) is 95.6 Å². The molecule has 1 amide bonds. The number of nitrogens with two attached hydrogens (primary N) is 1. The number of carbonyl (C=O) groups excluding carboxylic acids is 1. The van der Waals surface area contributed by atoms with Gasteiger partial charge in [0.1, 0.15) is 17.4 Å². The summed E-state index contributed by atoms with van der Waals surface area (Å²) in [5.41, 5.74) is 4.34. The molecule has 0 aromatic heterocycles. The highest BCUT2D eigenvalue weighted by Crippen LogP contribution is 2.44. The van der Waals surface area contributed by atoms with Crippen LogP contribution in [0, 0.1) is 17.0 Å². The van der Waals surface area contributed by atoms with Crippen LogP contribution in [-0.4, -0.2) is 35.0 Å². The molecule has 9 heteroatoms. The molecule has 0 radical (unpaired) electrons. The van der Waals surface area contributed by atoms with Crippen molar-refractivity contribution in [1.29, 1.82) is 0 Å². The van der Waals surface area contributed by atoms with Crippen LogP contribution in [0.3, 0.4) is 0 Å². The number of nitrogens with zero attached hydrogens (tertiary/aromatic N) is 2. The Kier molecular flexibility index (Phi) is 7.45. The summed E-state index contributed by atoms with van der Waals surface area (Å²) in [6, 6.07) is 18.6. The zero-order valence-electron chi connectivity index (χ0n) is 20.7. The van der Waals surface area contributed by atoms with Crippen molar-refractivity contribution in [3.63, 3.8) is 0 Å². The summed E-state index contributed by atoms with van der Waals surface area (Å²) in [6.45, 7) is 4.07. The molecule has 1 aliphatic rings. The van der Waals surface area contributed by atoms with Gasteiger partial charge in [0.2, 0.25) is 11.6 Å². The first-order valence-corrected chi connectivity index (χ1v) is 12.0. The van der Waals surface area contributed by atoms with Crippen LogP contribution in [0.15, 0.2) is 77.9 Å². The highest BCUT2D eigenvalue weighted by atomic mass is 19.1. The van der Waals surface area contributed by atoms with Crippen LogP contribution in [0.5, 0.6) is 5.75 Å². The number of phenolic OH excluding ortho intramolecular Hbond substituents is 1. The van der Waals surface area contributed by atoms with E-state index < -0.39 is 28.7 Å². The maximum absolute atomic E-state index is 14.8. The second kappa shape index (κ2) is 10.6. The van der Waals surface area contributed by atoms with Crippen LogP contribution >= 0.6 is 0 Å². The van der Waals surface area contributed by atoms with Crippen LogP contribution in [0.25, 0.3) is 0 Å². The number of amides is 1. The number of phenols is 1. The van der Waals surface area contributed by atoms with E-state index in [-0.39, 0.29) is 36.7 Å². The third kappa shape index (κ3) is 5.41. The van der Waals surface area contributed by atoms with Gasteiger partial charge in [-0.15, -0.1) is 5.10 Å². The summed E-state index contributed by atoms with van der Waals surface area (Å²) in [5, 5.41) is 19.1. The Bertz CT molecular complexity index is 1300. The quantitative estimate of drug-likeness (QED) is 0.381. The average Bonchev–Trinajstić information content (AvgIpc) is 3.28. The second-order valence-electron chi connectivity index (χ2n) is 9.58. The van der Waals surface area contributed by atoms with Crippen LogP contribution < -0.4 is 11.1 Å². The Hall–Kier alpha value is -3.98. The summed E-state index contributed by atoms with van der Waals surface area (Å²) in [5.74, 6) is -2.12. The van der Waals surface area contributed by atoms with E-state index in [9.17, 15) is 18.7 Å². The zero-order chi connectivity index (χ0) is 26.6. The Morgan fingerprint density at radius 3 is 2.57 bits per heavy atom. The van der Waals surface area contributed by atoms with Gasteiger partial charge in [0.25, 0.3) is 5.91 Å². The van der Waals surface area contributed by atoms with Gasteiger partial charge in [0, 0.05) is 24.2 Å². The fraction of sp³-hybridized carbons (Fsp3) is 0.286. The molecule has 0 saturated carbocycles. The summed E-state index contributed by atoms with van der Waals surface area (Å²) in [6.07, 6.45) is 0.626. The molecule has 0 saturated heterocycles. The van der Waals surface area contributed by atoms with Crippen molar-refractivity contribution < 1.29 is 23.4 Å². The summed E-state index contributed by atoms with van der Waals surface area (Å²) < 4.78 is 35.1. The molecule has 7 nitrogen and oxygen atoms in total. The Morgan fingerprint density at radius 1 is 1.11 bits per heavy atom. The van der Waals surface area contributed by atoms with Gasteiger partial charge in [-0.2, -0.15) is 5.01 Å². The lowest BCUT2D eigenvalue weighted by Gasteiger charge is -2.39. The fourth-order valence-corrected chi connectivity index (χ4v) is 4.19. The summed E-state index contributed by atoms with van der Waals surface area (Å²) >= 11 is 0. The van der Waals surface area contributed by atoms with E-state index in [0.29, 0.717) is 12.0 Å². The van der Waals surface area contributed by atoms with E-state index in [0.717, 1.165) is 23.9 Å². The van der Waals surface area contributed by atoms with Crippen molar-refractivity contribution in [2.24, 2.45) is 16.3 Å². The van der Waals surface area contributed by atoms with Crippen LogP contribution in [0.1, 0.15) is 37.8 Å². The first kappa shape index (κ1) is 26.1. The van der Waals surface area contributed by atoms with Crippen LogP contribution in [-0.2, 0) is 15.3 Å². The van der Waals surface area contributed by atoms with Gasteiger partial charge < -0.3 is 20.9 Å². The number of benzene rings is 3. The molecule has 1 unspecified atom stereocenters. The van der Waals surface area contributed by atoms with Crippen LogP contribution in [0.2, 0.25) is 0 Å². The first-order valence-electron chi connectivity index (χ1n) is 12.0. The molecule has 1 atom stereocenters. The molecule has 4 rings (SSSR count). The number of halogens is 2. The highest BCUT2D eigenvalue weighted by molar-refractivity contribution is 5.98. The lowest BCUT2D eigenvalue weighted by atomic mass is 9.88. The maximum Gasteiger partial charge on any atom is 0.254 e. The number of carbonyl (C=O) groups is 1. The standard InChI is InChI=1S/C28H30F2N4O3/c1-27(2,18-32-21-9-4-3-5-10-21)26(36)34-28(14-7-15-31,19-8-6-11-22(35)16-19)37-25(33-34)23-17-20(29)12-13-24(23)30/h3-6,8-13,16-17,32,35H,7,14-15,18,31H2,1-2H3. The number of hydrogen-bond acceptors (Lipinski definition) is 6. The van der Waals surface area contributed by atoms with Gasteiger partial charge in [-0.25, -0.2) is 8.78 Å². The Balaban J connectivity index is 1.79. The number of ether oxygens (including phenoxy) is 1. The maximum atomic E-state index is 14.8. The number of hydrazone groups is 1. The van der Waals surface area contributed by atoms with Crippen molar-refractivity contribution in [3.8, 4) is 5.75 Å². The molecule has 1 heterocycles. The topological polar surface area (TPSA) is 100 Å². The minimum absolute atomic E-state index is 0.0454. The Labute approximate surface area is 214 Å². The zero-order valence-corrected chi connectivity index (χ0v) is 20.7.